The van der Waals surface area contributed by atoms with E-state index in [0.717, 1.165) is 17.0 Å². The van der Waals surface area contributed by atoms with Gasteiger partial charge >= 0.3 is 5.97 Å². The molecule has 184 valence electrons. The number of benzene rings is 2. The molecule has 9 heteroatoms. The molecular weight excluding hydrogens is 478 g/mol. The summed E-state index contributed by atoms with van der Waals surface area (Å²) >= 11 is 1.15. The van der Waals surface area contributed by atoms with Crippen molar-refractivity contribution in [1.82, 2.24) is 4.57 Å². The minimum atomic E-state index is -0.820. The molecule has 5 rings (SSSR count). The van der Waals surface area contributed by atoms with Gasteiger partial charge in [-0.3, -0.25) is 14.2 Å². The van der Waals surface area contributed by atoms with Crippen molar-refractivity contribution >= 4 is 34.5 Å². The van der Waals surface area contributed by atoms with E-state index in [1.54, 1.807) is 31.9 Å². The highest BCUT2D eigenvalue weighted by Crippen LogP contribution is 2.37. The average molecular weight is 504 g/mol. The molecule has 0 unspecified atom stereocenters. The number of fused-ring (bicyclic) bond motifs is 2. The minimum Gasteiger partial charge on any atom is -0.496 e. The van der Waals surface area contributed by atoms with Crippen molar-refractivity contribution in [3.63, 3.8) is 0 Å². The topological polar surface area (TPSA) is 90.2 Å². The van der Waals surface area contributed by atoms with Crippen LogP contribution in [0.1, 0.15) is 37.9 Å². The number of para-hydroxylation sites is 2. The second-order valence-electron chi connectivity index (χ2n) is 8.31. The predicted molar refractivity (Wildman–Crippen MR) is 137 cm³/mol. The van der Waals surface area contributed by atoms with Crippen molar-refractivity contribution < 1.29 is 19.1 Å². The third kappa shape index (κ3) is 3.50. The van der Waals surface area contributed by atoms with Crippen LogP contribution >= 0.6 is 11.3 Å². The Labute approximate surface area is 211 Å². The molecular formula is C27H25N3O5S. The summed E-state index contributed by atoms with van der Waals surface area (Å²) in [5, 5.41) is 0. The number of allylic oxidation sites excluding steroid dienone is 1. The van der Waals surface area contributed by atoms with E-state index in [4.69, 9.17) is 9.47 Å². The summed E-state index contributed by atoms with van der Waals surface area (Å²) in [6.07, 6.45) is 0. The molecule has 3 aromatic rings. The van der Waals surface area contributed by atoms with E-state index in [0.29, 0.717) is 44.0 Å². The lowest BCUT2D eigenvalue weighted by Crippen LogP contribution is -2.41. The fraction of sp³-hybridized carbons (Fsp3) is 0.259. The van der Waals surface area contributed by atoms with Gasteiger partial charge < -0.3 is 14.4 Å². The number of nitrogens with zero attached hydrogens (tertiary/aromatic N) is 3. The summed E-state index contributed by atoms with van der Waals surface area (Å²) in [5.74, 6) is -0.247. The fourth-order valence-corrected chi connectivity index (χ4v) is 5.98. The highest BCUT2D eigenvalue weighted by Gasteiger charge is 2.37. The molecule has 0 aliphatic carbocycles. The van der Waals surface area contributed by atoms with Gasteiger partial charge in [0.2, 0.25) is 0 Å². The zero-order chi connectivity index (χ0) is 25.6. The molecule has 0 saturated carbocycles. The van der Waals surface area contributed by atoms with Crippen LogP contribution in [0.25, 0.3) is 5.57 Å². The van der Waals surface area contributed by atoms with E-state index in [1.807, 2.05) is 49.4 Å². The fourth-order valence-electron chi connectivity index (χ4n) is 4.84. The van der Waals surface area contributed by atoms with E-state index in [1.165, 1.54) is 4.57 Å². The zero-order valence-corrected chi connectivity index (χ0v) is 21.2. The van der Waals surface area contributed by atoms with Gasteiger partial charge in [0.15, 0.2) is 4.80 Å². The Hall–Kier alpha value is -3.98. The predicted octanol–water partition coefficient (Wildman–Crippen LogP) is 2.54. The SMILES string of the molecule is CCOC(=O)C1=C(C)N=c2s/c(=C3/C(=O)N(CC)c4ccccc43)c(=O)n2[C@@H]1c1ccccc1OC. The molecule has 0 saturated heterocycles. The van der Waals surface area contributed by atoms with Crippen molar-refractivity contribution in [2.45, 2.75) is 26.8 Å². The van der Waals surface area contributed by atoms with Crippen LogP contribution in [-0.2, 0) is 14.3 Å². The molecule has 36 heavy (non-hydrogen) atoms. The summed E-state index contributed by atoms with van der Waals surface area (Å²) in [7, 11) is 1.54. The highest BCUT2D eigenvalue weighted by atomic mass is 32.1. The second kappa shape index (κ2) is 9.23. The Kier molecular flexibility index (Phi) is 6.09. The summed E-state index contributed by atoms with van der Waals surface area (Å²) in [6, 6.07) is 13.9. The molecule has 0 spiro atoms. The molecule has 2 aliphatic rings. The summed E-state index contributed by atoms with van der Waals surface area (Å²) in [4.78, 5) is 47.3. The maximum atomic E-state index is 14.1. The highest BCUT2D eigenvalue weighted by molar-refractivity contribution is 7.07. The Morgan fingerprint density at radius 3 is 2.53 bits per heavy atom. The van der Waals surface area contributed by atoms with Crippen LogP contribution in [0.3, 0.4) is 0 Å². The number of hydrogen-bond acceptors (Lipinski definition) is 7. The lowest BCUT2D eigenvalue weighted by Gasteiger charge is -2.25. The van der Waals surface area contributed by atoms with Crippen molar-refractivity contribution in [1.29, 1.82) is 0 Å². The van der Waals surface area contributed by atoms with Gasteiger partial charge in [0, 0.05) is 17.7 Å². The third-order valence-electron chi connectivity index (χ3n) is 6.39. The van der Waals surface area contributed by atoms with Gasteiger partial charge in [-0.05, 0) is 32.9 Å². The molecule has 2 aromatic carbocycles. The van der Waals surface area contributed by atoms with Crippen LogP contribution in [0.2, 0.25) is 0 Å². The number of rotatable bonds is 5. The number of esters is 1. The number of carbonyl (C=O) groups is 2. The van der Waals surface area contributed by atoms with E-state index < -0.39 is 12.0 Å². The number of anilines is 1. The molecule has 0 N–H and O–H groups in total. The molecule has 0 bridgehead atoms. The number of amides is 1. The van der Waals surface area contributed by atoms with Crippen molar-refractivity contribution in [2.24, 2.45) is 4.99 Å². The van der Waals surface area contributed by atoms with Crippen LogP contribution in [0.5, 0.6) is 5.75 Å². The molecule has 0 radical (unpaired) electrons. The lowest BCUT2D eigenvalue weighted by molar-refractivity contribution is -0.139. The molecule has 1 aromatic heterocycles. The molecule has 2 aliphatic heterocycles. The average Bonchev–Trinajstić information content (AvgIpc) is 3.35. The minimum absolute atomic E-state index is 0.182. The van der Waals surface area contributed by atoms with Crippen LogP contribution in [0, 0.1) is 0 Å². The first-order chi connectivity index (χ1) is 17.4. The molecule has 8 nitrogen and oxygen atoms in total. The largest absolute Gasteiger partial charge is 0.496 e. The molecule has 1 atom stereocenters. The number of thiazole rings is 1. The van der Waals surface area contributed by atoms with Gasteiger partial charge in [0.1, 0.15) is 16.3 Å². The standard InChI is InChI=1S/C27H25N3O5S/c1-5-29-18-13-9-7-11-16(18)21(24(29)31)23-25(32)30-22(17-12-8-10-14-19(17)34-4)20(26(33)35-6-2)15(3)28-27(30)36-23/h7-14,22H,5-6H2,1-4H3/b23-21+/t22-/m1/s1. The lowest BCUT2D eigenvalue weighted by atomic mass is 9.95. The molecule has 0 fully saturated rings. The Morgan fingerprint density at radius 1 is 1.08 bits per heavy atom. The smallest absolute Gasteiger partial charge is 0.338 e. The van der Waals surface area contributed by atoms with Crippen molar-refractivity contribution in [2.75, 3.05) is 25.2 Å². The first-order valence-electron chi connectivity index (χ1n) is 11.7. The van der Waals surface area contributed by atoms with Crippen LogP contribution in [0.15, 0.2) is 69.6 Å². The van der Waals surface area contributed by atoms with E-state index in [9.17, 15) is 14.4 Å². The number of carbonyl (C=O) groups excluding carboxylic acids is 2. The third-order valence-corrected chi connectivity index (χ3v) is 7.45. The van der Waals surface area contributed by atoms with Gasteiger partial charge in [0.25, 0.3) is 11.5 Å². The molecule has 3 heterocycles. The van der Waals surface area contributed by atoms with E-state index >= 15 is 0 Å². The normalized spacial score (nSPS) is 18.1. The Bertz CT molecular complexity index is 1610. The van der Waals surface area contributed by atoms with Crippen LogP contribution in [0.4, 0.5) is 5.69 Å². The first-order valence-corrected chi connectivity index (χ1v) is 12.5. The quantitative estimate of drug-likeness (QED) is 0.499. The number of ether oxygens (including phenoxy) is 2. The summed E-state index contributed by atoms with van der Waals surface area (Å²) in [6.45, 7) is 6.01. The van der Waals surface area contributed by atoms with Gasteiger partial charge in [0.05, 0.1) is 36.2 Å². The number of hydrogen-bond donors (Lipinski definition) is 0. The van der Waals surface area contributed by atoms with Crippen molar-refractivity contribution in [3.8, 4) is 5.75 Å². The first kappa shape index (κ1) is 23.7. The van der Waals surface area contributed by atoms with Crippen LogP contribution in [-0.4, -0.2) is 36.7 Å². The maximum Gasteiger partial charge on any atom is 0.338 e. The van der Waals surface area contributed by atoms with E-state index in [2.05, 4.69) is 4.99 Å². The summed E-state index contributed by atoms with van der Waals surface area (Å²) < 4.78 is 12.7. The maximum absolute atomic E-state index is 14.1. The summed E-state index contributed by atoms with van der Waals surface area (Å²) in [5.41, 5.74) is 2.80. The Morgan fingerprint density at radius 2 is 1.81 bits per heavy atom. The Balaban J connectivity index is 1.85. The van der Waals surface area contributed by atoms with Gasteiger partial charge in [-0.1, -0.05) is 47.7 Å². The van der Waals surface area contributed by atoms with Crippen molar-refractivity contribution in [3.05, 3.63) is 90.6 Å². The monoisotopic (exact) mass is 503 g/mol. The number of aromatic nitrogens is 1. The van der Waals surface area contributed by atoms with E-state index in [-0.39, 0.29) is 23.6 Å². The van der Waals surface area contributed by atoms with Crippen LogP contribution < -0.4 is 24.5 Å². The molecule has 1 amide bonds. The zero-order valence-electron chi connectivity index (χ0n) is 20.4. The number of likely N-dealkylation sites (N-methyl/N-ethyl adjacent to an activating group) is 1. The van der Waals surface area contributed by atoms with Gasteiger partial charge in [-0.15, -0.1) is 0 Å². The van der Waals surface area contributed by atoms with Gasteiger partial charge in [-0.2, -0.15) is 0 Å². The second-order valence-corrected chi connectivity index (χ2v) is 9.28. The number of methoxy groups -OCH3 is 1. The van der Waals surface area contributed by atoms with Gasteiger partial charge in [-0.25, -0.2) is 9.79 Å².